The van der Waals surface area contributed by atoms with Crippen LogP contribution in [-0.2, 0) is 27.2 Å². The molecule has 1 amide bonds. The van der Waals surface area contributed by atoms with Gasteiger partial charge in [0.25, 0.3) is 0 Å². The van der Waals surface area contributed by atoms with Gasteiger partial charge >= 0.3 is 6.09 Å². The van der Waals surface area contributed by atoms with Crippen LogP contribution in [0, 0.1) is 5.92 Å². The molecule has 1 aliphatic rings. The molecule has 3 aromatic rings. The number of ether oxygens (including phenoxy) is 3. The molecule has 0 spiro atoms. The number of piperidine rings is 1. The zero-order chi connectivity index (χ0) is 24.3. The van der Waals surface area contributed by atoms with Crippen molar-refractivity contribution in [2.75, 3.05) is 27.3 Å². The van der Waals surface area contributed by atoms with Crippen molar-refractivity contribution in [2.45, 2.75) is 51.5 Å². The van der Waals surface area contributed by atoms with E-state index in [-0.39, 0.29) is 12.0 Å². The Bertz CT molecular complexity index is 1120. The lowest BCUT2D eigenvalue weighted by Gasteiger charge is -2.46. The van der Waals surface area contributed by atoms with Crippen molar-refractivity contribution in [3.05, 3.63) is 65.9 Å². The topological polar surface area (TPSA) is 65.8 Å². The first-order valence-electron chi connectivity index (χ1n) is 11.8. The Hall–Kier alpha value is -2.90. The van der Waals surface area contributed by atoms with Gasteiger partial charge in [-0.3, -0.25) is 4.68 Å². The molecule has 182 valence electrons. The molecule has 34 heavy (non-hydrogen) atoms. The average molecular weight is 466 g/mol. The van der Waals surface area contributed by atoms with Crippen LogP contribution in [0.3, 0.4) is 0 Å². The van der Waals surface area contributed by atoms with E-state index in [0.717, 1.165) is 16.5 Å². The van der Waals surface area contributed by atoms with E-state index in [2.05, 4.69) is 24.4 Å². The largest absolute Gasteiger partial charge is 0.444 e. The molecule has 0 radical (unpaired) electrons. The minimum atomic E-state index is -0.763. The second kappa shape index (κ2) is 9.76. The van der Waals surface area contributed by atoms with Crippen molar-refractivity contribution in [2.24, 2.45) is 5.92 Å². The summed E-state index contributed by atoms with van der Waals surface area (Å²) in [4.78, 5) is 14.6. The monoisotopic (exact) mass is 465 g/mol. The van der Waals surface area contributed by atoms with Crippen molar-refractivity contribution in [1.29, 1.82) is 0 Å². The zero-order valence-electron chi connectivity index (χ0n) is 20.8. The summed E-state index contributed by atoms with van der Waals surface area (Å²) in [5.74, 6) is -0.826. The van der Waals surface area contributed by atoms with E-state index in [1.54, 1.807) is 19.1 Å². The van der Waals surface area contributed by atoms with E-state index in [1.807, 2.05) is 55.8 Å². The first kappa shape index (κ1) is 24.2. The Kier molecular flexibility index (Phi) is 6.96. The molecule has 4 rings (SSSR count). The summed E-state index contributed by atoms with van der Waals surface area (Å²) in [6, 6.07) is 16.5. The minimum Gasteiger partial charge on any atom is -0.444 e. The third kappa shape index (κ3) is 5.26. The number of methoxy groups -OCH3 is 2. The number of likely N-dealkylation sites (tertiary alicyclic amines) is 1. The highest BCUT2D eigenvalue weighted by molar-refractivity contribution is 5.81. The Morgan fingerprint density at radius 1 is 1.09 bits per heavy atom. The number of benzene rings is 2. The van der Waals surface area contributed by atoms with Gasteiger partial charge in [-0.1, -0.05) is 42.5 Å². The van der Waals surface area contributed by atoms with Gasteiger partial charge in [0.15, 0.2) is 5.79 Å². The molecule has 2 heterocycles. The maximum absolute atomic E-state index is 12.8. The standard InChI is InChI=1S/C27H35N3O4/c1-26(2,3)34-25(31)29-15-14-27(32-4,33-5)22(18-29)16-21-12-9-13-24-23(21)19-30(28-24)17-20-10-7-6-8-11-20/h6-13,19,22H,14-18H2,1-5H3. The molecule has 1 aliphatic heterocycles. The Morgan fingerprint density at radius 3 is 2.50 bits per heavy atom. The number of hydrogen-bond acceptors (Lipinski definition) is 5. The molecule has 1 fully saturated rings. The van der Waals surface area contributed by atoms with Crippen LogP contribution < -0.4 is 0 Å². The normalized spacial score (nSPS) is 18.3. The number of nitrogens with zero attached hydrogens (tertiary/aromatic N) is 3. The van der Waals surface area contributed by atoms with Crippen molar-refractivity contribution in [1.82, 2.24) is 14.7 Å². The van der Waals surface area contributed by atoms with Crippen LogP contribution in [0.15, 0.2) is 54.7 Å². The van der Waals surface area contributed by atoms with Gasteiger partial charge in [-0.2, -0.15) is 5.10 Å². The van der Waals surface area contributed by atoms with Crippen LogP contribution in [0.5, 0.6) is 0 Å². The quantitative estimate of drug-likeness (QED) is 0.486. The van der Waals surface area contributed by atoms with Crippen molar-refractivity contribution in [3.63, 3.8) is 0 Å². The highest BCUT2D eigenvalue weighted by Gasteiger charge is 2.45. The van der Waals surface area contributed by atoms with E-state index in [1.165, 1.54) is 5.56 Å². The molecule has 0 bridgehead atoms. The van der Waals surface area contributed by atoms with Crippen LogP contribution in [0.25, 0.3) is 10.9 Å². The summed E-state index contributed by atoms with van der Waals surface area (Å²) in [7, 11) is 3.36. The molecule has 0 aliphatic carbocycles. The van der Waals surface area contributed by atoms with Gasteiger partial charge in [-0.25, -0.2) is 4.79 Å². The zero-order valence-corrected chi connectivity index (χ0v) is 20.8. The molecular formula is C27H35N3O4. The number of carbonyl (C=O) groups excluding carboxylic acids is 1. The molecule has 7 heteroatoms. The second-order valence-corrected chi connectivity index (χ2v) is 9.96. The van der Waals surface area contributed by atoms with Crippen molar-refractivity contribution >= 4 is 17.0 Å². The van der Waals surface area contributed by atoms with E-state index in [4.69, 9.17) is 19.3 Å². The number of carbonyl (C=O) groups is 1. The highest BCUT2D eigenvalue weighted by Crippen LogP contribution is 2.36. The first-order valence-corrected chi connectivity index (χ1v) is 11.8. The molecule has 1 unspecified atom stereocenters. The summed E-state index contributed by atoms with van der Waals surface area (Å²) in [5, 5.41) is 5.90. The minimum absolute atomic E-state index is 0.0631. The summed E-state index contributed by atoms with van der Waals surface area (Å²) < 4.78 is 19.4. The number of aromatic nitrogens is 2. The average Bonchev–Trinajstić information content (AvgIpc) is 3.22. The third-order valence-corrected chi connectivity index (χ3v) is 6.48. The van der Waals surface area contributed by atoms with Gasteiger partial charge in [-0.05, 0) is 44.4 Å². The molecule has 1 saturated heterocycles. The van der Waals surface area contributed by atoms with E-state index < -0.39 is 11.4 Å². The van der Waals surface area contributed by atoms with Crippen molar-refractivity contribution < 1.29 is 19.0 Å². The van der Waals surface area contributed by atoms with E-state index in [9.17, 15) is 4.79 Å². The third-order valence-electron chi connectivity index (χ3n) is 6.48. The van der Waals surface area contributed by atoms with Gasteiger partial charge in [0, 0.05) is 51.2 Å². The lowest BCUT2D eigenvalue weighted by Crippen LogP contribution is -2.56. The molecule has 0 saturated carbocycles. The summed E-state index contributed by atoms with van der Waals surface area (Å²) >= 11 is 0. The SMILES string of the molecule is COC1(OC)CCN(C(=O)OC(C)(C)C)CC1Cc1cccc2nn(Cc3ccccc3)cc12. The fourth-order valence-corrected chi connectivity index (χ4v) is 4.77. The lowest BCUT2D eigenvalue weighted by molar-refractivity contribution is -0.258. The fourth-order valence-electron chi connectivity index (χ4n) is 4.77. The predicted molar refractivity (Wildman–Crippen MR) is 132 cm³/mol. The van der Waals surface area contributed by atoms with Gasteiger partial charge < -0.3 is 19.1 Å². The predicted octanol–water partition coefficient (Wildman–Crippen LogP) is 4.87. The highest BCUT2D eigenvalue weighted by atomic mass is 16.7. The molecule has 2 aromatic carbocycles. The van der Waals surface area contributed by atoms with Gasteiger partial charge in [0.1, 0.15) is 5.60 Å². The molecule has 1 aromatic heterocycles. The van der Waals surface area contributed by atoms with Crippen LogP contribution in [0.1, 0.15) is 38.3 Å². The van der Waals surface area contributed by atoms with Crippen LogP contribution in [0.2, 0.25) is 0 Å². The van der Waals surface area contributed by atoms with Crippen molar-refractivity contribution in [3.8, 4) is 0 Å². The van der Waals surface area contributed by atoms with E-state index >= 15 is 0 Å². The first-order chi connectivity index (χ1) is 16.2. The number of fused-ring (bicyclic) bond motifs is 1. The fraction of sp³-hybridized carbons (Fsp3) is 0.481. The number of rotatable bonds is 6. The van der Waals surface area contributed by atoms with E-state index in [0.29, 0.717) is 32.5 Å². The molecule has 0 N–H and O–H groups in total. The second-order valence-electron chi connectivity index (χ2n) is 9.96. The molecule has 7 nitrogen and oxygen atoms in total. The van der Waals surface area contributed by atoms with Gasteiger partial charge in [-0.15, -0.1) is 0 Å². The van der Waals surface area contributed by atoms with Gasteiger partial charge in [0.2, 0.25) is 0 Å². The Labute approximate surface area is 201 Å². The Balaban J connectivity index is 1.60. The number of hydrogen-bond donors (Lipinski definition) is 0. The van der Waals surface area contributed by atoms with Gasteiger partial charge in [0.05, 0.1) is 12.1 Å². The van der Waals surface area contributed by atoms with Crippen LogP contribution in [-0.4, -0.2) is 59.5 Å². The molecular weight excluding hydrogens is 430 g/mol. The Morgan fingerprint density at radius 2 is 1.82 bits per heavy atom. The maximum atomic E-state index is 12.8. The summed E-state index contributed by atoms with van der Waals surface area (Å²) in [5.41, 5.74) is 2.78. The molecule has 1 atom stereocenters. The number of amides is 1. The lowest BCUT2D eigenvalue weighted by atomic mass is 9.84. The smallest absolute Gasteiger partial charge is 0.410 e. The van der Waals surface area contributed by atoms with Crippen LogP contribution in [0.4, 0.5) is 4.79 Å². The summed E-state index contributed by atoms with van der Waals surface area (Å²) in [6.45, 7) is 7.38. The van der Waals surface area contributed by atoms with Crippen LogP contribution >= 0.6 is 0 Å². The maximum Gasteiger partial charge on any atom is 0.410 e. The summed E-state index contributed by atoms with van der Waals surface area (Å²) in [6.07, 6.45) is 3.07.